The Kier molecular flexibility index (Phi) is 4.16. The van der Waals surface area contributed by atoms with Crippen molar-refractivity contribution in [2.45, 2.75) is 18.3 Å². The lowest BCUT2D eigenvalue weighted by Crippen LogP contribution is -2.54. The standard InChI is InChI=1S/C19H22N2O2S/c22-24(23,15-17-9-5-2-6-10-17)21-13-18-12-20(19(18)14-21)11-16-7-3-1-4-8-16/h1-10,18-19H,11-15H2. The van der Waals surface area contributed by atoms with E-state index in [4.69, 9.17) is 0 Å². The average Bonchev–Trinajstić information content (AvgIpc) is 2.92. The van der Waals surface area contributed by atoms with Gasteiger partial charge in [0.05, 0.1) is 5.75 Å². The first kappa shape index (κ1) is 15.8. The Morgan fingerprint density at radius 3 is 2.12 bits per heavy atom. The number of fused-ring (bicyclic) bond motifs is 1. The van der Waals surface area contributed by atoms with Gasteiger partial charge in [-0.05, 0) is 11.1 Å². The number of sulfonamides is 1. The van der Waals surface area contributed by atoms with Crippen LogP contribution in [0.1, 0.15) is 11.1 Å². The summed E-state index contributed by atoms with van der Waals surface area (Å²) in [5.74, 6) is 0.589. The zero-order valence-electron chi connectivity index (χ0n) is 13.6. The van der Waals surface area contributed by atoms with Crippen LogP contribution in [0.3, 0.4) is 0 Å². The lowest BCUT2D eigenvalue weighted by Gasteiger charge is -2.43. The van der Waals surface area contributed by atoms with Gasteiger partial charge in [0.1, 0.15) is 0 Å². The third-order valence-electron chi connectivity index (χ3n) is 5.12. The monoisotopic (exact) mass is 342 g/mol. The van der Waals surface area contributed by atoms with Crippen LogP contribution in [0.5, 0.6) is 0 Å². The molecular formula is C19H22N2O2S. The smallest absolute Gasteiger partial charge is 0.218 e. The number of hydrogen-bond donors (Lipinski definition) is 0. The first-order valence-corrected chi connectivity index (χ1v) is 10.0. The quantitative estimate of drug-likeness (QED) is 0.837. The van der Waals surface area contributed by atoms with Crippen molar-refractivity contribution in [3.05, 3.63) is 71.8 Å². The summed E-state index contributed by atoms with van der Waals surface area (Å²) in [6.45, 7) is 3.21. The third kappa shape index (κ3) is 3.11. The van der Waals surface area contributed by atoms with Crippen LogP contribution in [0.15, 0.2) is 60.7 Å². The van der Waals surface area contributed by atoms with E-state index in [9.17, 15) is 8.42 Å². The molecule has 0 radical (unpaired) electrons. The van der Waals surface area contributed by atoms with Gasteiger partial charge >= 0.3 is 0 Å². The zero-order valence-corrected chi connectivity index (χ0v) is 14.4. The highest BCUT2D eigenvalue weighted by Crippen LogP contribution is 2.35. The van der Waals surface area contributed by atoms with Crippen molar-refractivity contribution in [1.29, 1.82) is 0 Å². The van der Waals surface area contributed by atoms with Crippen molar-refractivity contribution in [3.63, 3.8) is 0 Å². The molecular weight excluding hydrogens is 320 g/mol. The summed E-state index contributed by atoms with van der Waals surface area (Å²) in [5.41, 5.74) is 2.15. The summed E-state index contributed by atoms with van der Waals surface area (Å²) in [5, 5.41) is 0. The highest BCUT2D eigenvalue weighted by Gasteiger charge is 2.48. The minimum atomic E-state index is -3.23. The van der Waals surface area contributed by atoms with E-state index in [2.05, 4.69) is 29.2 Å². The van der Waals surface area contributed by atoms with Crippen LogP contribution >= 0.6 is 0 Å². The van der Waals surface area contributed by atoms with Crippen LogP contribution < -0.4 is 0 Å². The first-order chi connectivity index (χ1) is 11.6. The molecule has 2 atom stereocenters. The largest absolute Gasteiger partial charge is 0.294 e. The average molecular weight is 342 g/mol. The molecule has 2 heterocycles. The number of rotatable bonds is 5. The summed E-state index contributed by atoms with van der Waals surface area (Å²) in [6, 6.07) is 20.2. The number of likely N-dealkylation sites (tertiary alicyclic amines) is 1. The van der Waals surface area contributed by atoms with E-state index in [1.165, 1.54) is 5.56 Å². The van der Waals surface area contributed by atoms with Gasteiger partial charge in [0.2, 0.25) is 10.0 Å². The van der Waals surface area contributed by atoms with E-state index in [1.807, 2.05) is 36.4 Å². The fourth-order valence-corrected chi connectivity index (χ4v) is 5.40. The molecule has 126 valence electrons. The van der Waals surface area contributed by atoms with Gasteiger partial charge in [-0.15, -0.1) is 0 Å². The molecule has 2 aromatic carbocycles. The molecule has 0 amide bonds. The van der Waals surface area contributed by atoms with Crippen molar-refractivity contribution in [2.75, 3.05) is 19.6 Å². The van der Waals surface area contributed by atoms with E-state index in [0.717, 1.165) is 18.7 Å². The summed E-state index contributed by atoms with van der Waals surface area (Å²) in [4.78, 5) is 2.40. The second-order valence-corrected chi connectivity index (χ2v) is 8.77. The Morgan fingerprint density at radius 2 is 1.46 bits per heavy atom. The van der Waals surface area contributed by atoms with Crippen LogP contribution in [0.4, 0.5) is 0 Å². The number of hydrogen-bond acceptors (Lipinski definition) is 3. The highest BCUT2D eigenvalue weighted by molar-refractivity contribution is 7.88. The van der Waals surface area contributed by atoms with Gasteiger partial charge in [0.15, 0.2) is 0 Å². The van der Waals surface area contributed by atoms with Crippen LogP contribution in [0, 0.1) is 5.92 Å². The lowest BCUT2D eigenvalue weighted by atomic mass is 9.91. The van der Waals surface area contributed by atoms with Crippen LogP contribution in [0.25, 0.3) is 0 Å². The molecule has 2 aromatic rings. The zero-order chi connectivity index (χ0) is 16.6. The molecule has 2 saturated heterocycles. The molecule has 0 aliphatic carbocycles. The number of nitrogens with zero attached hydrogens (tertiary/aromatic N) is 2. The molecule has 0 bridgehead atoms. The predicted octanol–water partition coefficient (Wildman–Crippen LogP) is 2.33. The summed E-state index contributed by atoms with van der Waals surface area (Å²) >= 11 is 0. The van der Waals surface area contributed by atoms with Crippen molar-refractivity contribution in [3.8, 4) is 0 Å². The van der Waals surface area contributed by atoms with Crippen LogP contribution in [-0.4, -0.2) is 43.3 Å². The second-order valence-electron chi connectivity index (χ2n) is 6.80. The fourth-order valence-electron chi connectivity index (χ4n) is 3.81. The van der Waals surface area contributed by atoms with Crippen molar-refractivity contribution >= 4 is 10.0 Å². The Labute approximate surface area is 143 Å². The van der Waals surface area contributed by atoms with E-state index in [0.29, 0.717) is 25.0 Å². The first-order valence-electron chi connectivity index (χ1n) is 8.41. The molecule has 2 aliphatic rings. The van der Waals surface area contributed by atoms with Gasteiger partial charge in [0.25, 0.3) is 0 Å². The van der Waals surface area contributed by atoms with Crippen molar-refractivity contribution in [1.82, 2.24) is 9.21 Å². The Bertz CT molecular complexity index is 793. The summed E-state index contributed by atoms with van der Waals surface area (Å²) in [6.07, 6.45) is 0. The minimum absolute atomic E-state index is 0.103. The van der Waals surface area contributed by atoms with Crippen molar-refractivity contribution in [2.24, 2.45) is 5.92 Å². The Balaban J connectivity index is 1.40. The maximum Gasteiger partial charge on any atom is 0.218 e. The third-order valence-corrected chi connectivity index (χ3v) is 6.91. The predicted molar refractivity (Wildman–Crippen MR) is 94.8 cm³/mol. The molecule has 4 rings (SSSR count). The molecule has 2 aliphatic heterocycles. The Morgan fingerprint density at radius 1 is 0.833 bits per heavy atom. The van der Waals surface area contributed by atoms with E-state index in [-0.39, 0.29) is 5.75 Å². The van der Waals surface area contributed by atoms with Crippen molar-refractivity contribution < 1.29 is 8.42 Å². The van der Waals surface area contributed by atoms with Crippen LogP contribution in [0.2, 0.25) is 0 Å². The molecule has 0 saturated carbocycles. The molecule has 2 fully saturated rings. The normalized spacial score (nSPS) is 24.5. The minimum Gasteiger partial charge on any atom is -0.294 e. The second kappa shape index (κ2) is 6.31. The van der Waals surface area contributed by atoms with E-state index >= 15 is 0 Å². The Hall–Kier alpha value is -1.69. The van der Waals surface area contributed by atoms with Gasteiger partial charge in [0, 0.05) is 38.1 Å². The fraction of sp³-hybridized carbons (Fsp3) is 0.368. The highest BCUT2D eigenvalue weighted by atomic mass is 32.2. The molecule has 0 N–H and O–H groups in total. The van der Waals surface area contributed by atoms with Gasteiger partial charge in [-0.25, -0.2) is 8.42 Å². The molecule has 0 spiro atoms. The molecule has 4 nitrogen and oxygen atoms in total. The summed E-state index contributed by atoms with van der Waals surface area (Å²) < 4.78 is 27.1. The van der Waals surface area contributed by atoms with Gasteiger partial charge in [-0.3, -0.25) is 4.90 Å². The van der Waals surface area contributed by atoms with Gasteiger partial charge in [-0.2, -0.15) is 4.31 Å². The van der Waals surface area contributed by atoms with Gasteiger partial charge in [-0.1, -0.05) is 60.7 Å². The summed E-state index contributed by atoms with van der Waals surface area (Å²) in [7, 11) is -3.23. The van der Waals surface area contributed by atoms with Gasteiger partial charge < -0.3 is 0 Å². The molecule has 2 unspecified atom stereocenters. The van der Waals surface area contributed by atoms with E-state index < -0.39 is 10.0 Å². The lowest BCUT2D eigenvalue weighted by molar-refractivity contribution is 0.0435. The molecule has 0 aromatic heterocycles. The van der Waals surface area contributed by atoms with Crippen LogP contribution in [-0.2, 0) is 22.3 Å². The molecule has 5 heteroatoms. The molecule has 24 heavy (non-hydrogen) atoms. The number of benzene rings is 2. The topological polar surface area (TPSA) is 40.6 Å². The van der Waals surface area contributed by atoms with E-state index in [1.54, 1.807) is 4.31 Å². The maximum atomic E-state index is 12.7. The SMILES string of the molecule is O=S(=O)(Cc1ccccc1)N1CC2CN(Cc3ccccc3)C2C1. The maximum absolute atomic E-state index is 12.7.